The fourth-order valence-electron chi connectivity index (χ4n) is 2.82. The van der Waals surface area contributed by atoms with Crippen LogP contribution < -0.4 is 10.2 Å². The van der Waals surface area contributed by atoms with Crippen molar-refractivity contribution < 1.29 is 9.59 Å². The number of halogens is 1. The molecule has 1 fully saturated rings. The van der Waals surface area contributed by atoms with Gasteiger partial charge in [-0.3, -0.25) is 9.59 Å². The maximum absolute atomic E-state index is 12.2. The number of nitrogens with one attached hydrogen (secondary N) is 1. The largest absolute Gasteiger partial charge is 0.326 e. The number of rotatable bonds is 4. The number of benzene rings is 2. The van der Waals surface area contributed by atoms with Crippen LogP contribution in [0.25, 0.3) is 0 Å². The van der Waals surface area contributed by atoms with Gasteiger partial charge in [-0.05, 0) is 48.7 Å². The number of nitrogens with zero attached hydrogens (tertiary/aromatic N) is 1. The van der Waals surface area contributed by atoms with E-state index in [4.69, 9.17) is 11.6 Å². The lowest BCUT2D eigenvalue weighted by Gasteiger charge is -2.27. The lowest BCUT2D eigenvalue weighted by molar-refractivity contribution is -0.119. The molecule has 2 aromatic rings. The molecule has 1 aliphatic rings. The summed E-state index contributed by atoms with van der Waals surface area (Å²) in [6.45, 7) is 0.737. The molecule has 0 unspecified atom stereocenters. The number of piperidine rings is 1. The van der Waals surface area contributed by atoms with Crippen molar-refractivity contribution in [1.29, 1.82) is 0 Å². The van der Waals surface area contributed by atoms with Crippen molar-refractivity contribution in [3.63, 3.8) is 0 Å². The average Bonchev–Trinajstić information content (AvgIpc) is 2.57. The summed E-state index contributed by atoms with van der Waals surface area (Å²) in [5.74, 6) is 0.0466. The van der Waals surface area contributed by atoms with Gasteiger partial charge >= 0.3 is 0 Å². The summed E-state index contributed by atoms with van der Waals surface area (Å²) in [4.78, 5) is 26.0. The number of amides is 2. The Kier molecular flexibility index (Phi) is 5.16. The van der Waals surface area contributed by atoms with Gasteiger partial charge in [0.25, 0.3) is 0 Å². The number of anilines is 2. The zero-order chi connectivity index (χ0) is 16.9. The molecule has 24 heavy (non-hydrogen) atoms. The van der Waals surface area contributed by atoms with Gasteiger partial charge in [0.05, 0.1) is 6.42 Å². The second-order valence-corrected chi connectivity index (χ2v) is 6.34. The van der Waals surface area contributed by atoms with Crippen LogP contribution in [-0.4, -0.2) is 18.4 Å². The second kappa shape index (κ2) is 7.49. The van der Waals surface area contributed by atoms with Gasteiger partial charge in [-0.2, -0.15) is 0 Å². The van der Waals surface area contributed by atoms with E-state index in [0.29, 0.717) is 17.1 Å². The fourth-order valence-corrected chi connectivity index (χ4v) is 2.95. The summed E-state index contributed by atoms with van der Waals surface area (Å²) in [5.41, 5.74) is 2.44. The summed E-state index contributed by atoms with van der Waals surface area (Å²) >= 11 is 5.85. The summed E-state index contributed by atoms with van der Waals surface area (Å²) in [7, 11) is 0. The highest BCUT2D eigenvalue weighted by Crippen LogP contribution is 2.24. The predicted octanol–water partition coefficient (Wildman–Crippen LogP) is 4.04. The van der Waals surface area contributed by atoms with E-state index in [1.165, 1.54) is 0 Å². The van der Waals surface area contributed by atoms with Crippen LogP contribution in [0.15, 0.2) is 48.5 Å². The number of hydrogen-bond acceptors (Lipinski definition) is 2. The molecule has 3 rings (SSSR count). The van der Waals surface area contributed by atoms with Crippen molar-refractivity contribution in [2.75, 3.05) is 16.8 Å². The van der Waals surface area contributed by atoms with Crippen LogP contribution in [0, 0.1) is 0 Å². The van der Waals surface area contributed by atoms with Crippen molar-refractivity contribution >= 4 is 34.8 Å². The molecule has 1 aliphatic heterocycles. The monoisotopic (exact) mass is 342 g/mol. The van der Waals surface area contributed by atoms with Crippen molar-refractivity contribution in [2.24, 2.45) is 0 Å². The molecule has 5 heteroatoms. The Bertz CT molecular complexity index is 743. The molecular formula is C19H19ClN2O2. The zero-order valence-electron chi connectivity index (χ0n) is 13.3. The fraction of sp³-hybridized carbons (Fsp3) is 0.263. The Labute approximate surface area is 146 Å². The number of hydrogen-bond donors (Lipinski definition) is 1. The highest BCUT2D eigenvalue weighted by molar-refractivity contribution is 6.30. The van der Waals surface area contributed by atoms with Gasteiger partial charge in [0.15, 0.2) is 0 Å². The molecule has 2 aromatic carbocycles. The maximum Gasteiger partial charge on any atom is 0.228 e. The standard InChI is InChI=1S/C19H19ClN2O2/c20-15-9-7-14(8-10-15)12-18(23)21-16-4-3-5-17(13-16)22-11-2-1-6-19(22)24/h3-5,7-10,13H,1-2,6,11-12H2,(H,21,23). The van der Waals surface area contributed by atoms with E-state index in [1.807, 2.05) is 36.4 Å². The molecular weight excluding hydrogens is 324 g/mol. The Morgan fingerprint density at radius 1 is 1.12 bits per heavy atom. The van der Waals surface area contributed by atoms with E-state index in [9.17, 15) is 9.59 Å². The third kappa shape index (κ3) is 4.15. The van der Waals surface area contributed by atoms with Crippen LogP contribution in [0.3, 0.4) is 0 Å². The third-order valence-electron chi connectivity index (χ3n) is 4.04. The first-order chi connectivity index (χ1) is 11.6. The lowest BCUT2D eigenvalue weighted by Crippen LogP contribution is -2.35. The van der Waals surface area contributed by atoms with Gasteiger partial charge in [-0.15, -0.1) is 0 Å². The quantitative estimate of drug-likeness (QED) is 0.911. The zero-order valence-corrected chi connectivity index (χ0v) is 14.1. The smallest absolute Gasteiger partial charge is 0.228 e. The molecule has 1 saturated heterocycles. The Hall–Kier alpha value is -2.33. The average molecular weight is 343 g/mol. The molecule has 0 atom stereocenters. The van der Waals surface area contributed by atoms with Gasteiger partial charge < -0.3 is 10.2 Å². The Morgan fingerprint density at radius 3 is 2.67 bits per heavy atom. The molecule has 0 bridgehead atoms. The molecule has 0 radical (unpaired) electrons. The maximum atomic E-state index is 12.2. The van der Waals surface area contributed by atoms with Crippen molar-refractivity contribution in [3.8, 4) is 0 Å². The minimum absolute atomic E-state index is 0.0977. The lowest BCUT2D eigenvalue weighted by atomic mass is 10.1. The van der Waals surface area contributed by atoms with Crippen molar-refractivity contribution in [2.45, 2.75) is 25.7 Å². The first kappa shape index (κ1) is 16.5. The van der Waals surface area contributed by atoms with Crippen LogP contribution in [0.4, 0.5) is 11.4 Å². The Balaban J connectivity index is 1.66. The normalized spacial score (nSPS) is 14.5. The Morgan fingerprint density at radius 2 is 1.92 bits per heavy atom. The van der Waals surface area contributed by atoms with E-state index in [1.54, 1.807) is 17.0 Å². The molecule has 0 aromatic heterocycles. The van der Waals surface area contributed by atoms with E-state index < -0.39 is 0 Å². The van der Waals surface area contributed by atoms with Gasteiger partial charge in [-0.25, -0.2) is 0 Å². The van der Waals surface area contributed by atoms with Crippen LogP contribution in [0.2, 0.25) is 5.02 Å². The van der Waals surface area contributed by atoms with Crippen LogP contribution in [0.1, 0.15) is 24.8 Å². The van der Waals surface area contributed by atoms with E-state index >= 15 is 0 Å². The summed E-state index contributed by atoms with van der Waals surface area (Å²) in [5, 5.41) is 3.54. The number of carbonyl (C=O) groups is 2. The second-order valence-electron chi connectivity index (χ2n) is 5.90. The minimum Gasteiger partial charge on any atom is -0.326 e. The summed E-state index contributed by atoms with van der Waals surface area (Å²) in [6, 6.07) is 14.7. The van der Waals surface area contributed by atoms with E-state index in [-0.39, 0.29) is 18.2 Å². The predicted molar refractivity (Wildman–Crippen MR) is 96.4 cm³/mol. The molecule has 1 heterocycles. The van der Waals surface area contributed by atoms with Gasteiger partial charge in [0.1, 0.15) is 0 Å². The first-order valence-corrected chi connectivity index (χ1v) is 8.44. The molecule has 0 saturated carbocycles. The third-order valence-corrected chi connectivity index (χ3v) is 4.29. The molecule has 2 amide bonds. The minimum atomic E-state index is -0.0977. The summed E-state index contributed by atoms with van der Waals surface area (Å²) < 4.78 is 0. The highest BCUT2D eigenvalue weighted by Gasteiger charge is 2.19. The molecule has 1 N–H and O–H groups in total. The molecule has 0 spiro atoms. The van der Waals surface area contributed by atoms with E-state index in [2.05, 4.69) is 5.32 Å². The van der Waals surface area contributed by atoms with Crippen molar-refractivity contribution in [3.05, 3.63) is 59.1 Å². The highest BCUT2D eigenvalue weighted by atomic mass is 35.5. The summed E-state index contributed by atoms with van der Waals surface area (Å²) in [6.07, 6.45) is 2.84. The van der Waals surface area contributed by atoms with Gasteiger partial charge in [-0.1, -0.05) is 29.8 Å². The number of carbonyl (C=O) groups excluding carboxylic acids is 2. The SMILES string of the molecule is O=C(Cc1ccc(Cl)cc1)Nc1cccc(N2CCCCC2=O)c1. The van der Waals surface area contributed by atoms with Gasteiger partial charge in [0, 0.05) is 29.4 Å². The van der Waals surface area contributed by atoms with Gasteiger partial charge in [0.2, 0.25) is 11.8 Å². The van der Waals surface area contributed by atoms with E-state index in [0.717, 1.165) is 30.6 Å². The molecule has 0 aliphatic carbocycles. The molecule has 124 valence electrons. The topological polar surface area (TPSA) is 49.4 Å². The molecule has 4 nitrogen and oxygen atoms in total. The van der Waals surface area contributed by atoms with Crippen LogP contribution >= 0.6 is 11.6 Å². The van der Waals surface area contributed by atoms with Crippen LogP contribution in [-0.2, 0) is 16.0 Å². The van der Waals surface area contributed by atoms with Crippen molar-refractivity contribution in [1.82, 2.24) is 0 Å². The van der Waals surface area contributed by atoms with Crippen LogP contribution in [0.5, 0.6) is 0 Å². The first-order valence-electron chi connectivity index (χ1n) is 8.06.